The lowest BCUT2D eigenvalue weighted by Gasteiger charge is -2.11. The number of benzene rings is 2. The molecule has 0 saturated heterocycles. The van der Waals surface area contributed by atoms with E-state index in [-0.39, 0.29) is 11.5 Å². The first kappa shape index (κ1) is 17.6. The minimum Gasteiger partial charge on any atom is -0.421 e. The summed E-state index contributed by atoms with van der Waals surface area (Å²) in [6.07, 6.45) is 0. The smallest absolute Gasteiger partial charge is 0.353 e. The van der Waals surface area contributed by atoms with Crippen LogP contribution in [-0.4, -0.2) is 16.7 Å². The second-order valence-electron chi connectivity index (χ2n) is 6.23. The number of aryl methyl sites for hydroxylation is 1. The number of fused-ring (bicyclic) bond motifs is 2. The molecule has 27 heavy (non-hydrogen) atoms. The number of esters is 1. The second-order valence-corrected chi connectivity index (χ2v) is 7.70. The molecule has 0 aliphatic rings. The van der Waals surface area contributed by atoms with E-state index in [4.69, 9.17) is 16.3 Å². The SMILES string of the molecule is CC(=O)c1cc(Cl)cc(C)c1OC(=O)c1cc2cc3ccccc3nc2s1. The molecule has 0 fully saturated rings. The van der Waals surface area contributed by atoms with Crippen molar-refractivity contribution in [1.82, 2.24) is 4.98 Å². The molecule has 0 aliphatic carbocycles. The number of halogens is 1. The number of hydrogen-bond donors (Lipinski definition) is 0. The number of rotatable bonds is 3. The molecule has 6 heteroatoms. The summed E-state index contributed by atoms with van der Waals surface area (Å²) in [6, 6.07) is 14.7. The minimum atomic E-state index is -0.519. The Morgan fingerprint density at radius 1 is 1.07 bits per heavy atom. The molecule has 134 valence electrons. The molecule has 0 aliphatic heterocycles. The fourth-order valence-corrected chi connectivity index (χ4v) is 4.12. The van der Waals surface area contributed by atoms with Crippen LogP contribution < -0.4 is 4.74 Å². The average molecular weight is 396 g/mol. The van der Waals surface area contributed by atoms with E-state index in [1.807, 2.05) is 30.3 Å². The van der Waals surface area contributed by atoms with Crippen molar-refractivity contribution < 1.29 is 14.3 Å². The topological polar surface area (TPSA) is 56.3 Å². The van der Waals surface area contributed by atoms with Crippen LogP contribution in [-0.2, 0) is 0 Å². The summed E-state index contributed by atoms with van der Waals surface area (Å²) in [5.41, 5.74) is 1.79. The number of aromatic nitrogens is 1. The van der Waals surface area contributed by atoms with E-state index in [1.54, 1.807) is 19.1 Å². The van der Waals surface area contributed by atoms with E-state index in [0.29, 0.717) is 21.0 Å². The monoisotopic (exact) mass is 395 g/mol. The number of Topliss-reactive ketones (excluding diaryl/α,β-unsaturated/α-hetero) is 1. The van der Waals surface area contributed by atoms with E-state index in [9.17, 15) is 9.59 Å². The molecule has 4 rings (SSSR count). The van der Waals surface area contributed by atoms with Crippen molar-refractivity contribution in [2.24, 2.45) is 0 Å². The molecule has 4 nitrogen and oxygen atoms in total. The number of ketones is 1. The molecule has 2 aromatic heterocycles. The van der Waals surface area contributed by atoms with Crippen molar-refractivity contribution in [3.8, 4) is 5.75 Å². The van der Waals surface area contributed by atoms with Crippen LogP contribution in [0.25, 0.3) is 21.1 Å². The lowest BCUT2D eigenvalue weighted by Crippen LogP contribution is -2.10. The molecule has 4 aromatic rings. The van der Waals surface area contributed by atoms with Gasteiger partial charge in [0.15, 0.2) is 5.78 Å². The van der Waals surface area contributed by atoms with Gasteiger partial charge in [0.1, 0.15) is 15.5 Å². The Hall–Kier alpha value is -2.76. The summed E-state index contributed by atoms with van der Waals surface area (Å²) >= 11 is 7.29. The van der Waals surface area contributed by atoms with E-state index in [0.717, 1.165) is 21.1 Å². The Kier molecular flexibility index (Phi) is 4.42. The molecule has 0 saturated carbocycles. The molecule has 2 heterocycles. The molecule has 0 unspecified atom stereocenters. The van der Waals surface area contributed by atoms with Crippen molar-refractivity contribution >= 4 is 55.8 Å². The van der Waals surface area contributed by atoms with Crippen molar-refractivity contribution in [1.29, 1.82) is 0 Å². The van der Waals surface area contributed by atoms with Crippen LogP contribution in [0.5, 0.6) is 5.75 Å². The summed E-state index contributed by atoms with van der Waals surface area (Å²) in [4.78, 5) is 30.4. The maximum Gasteiger partial charge on any atom is 0.353 e. The Morgan fingerprint density at radius 3 is 2.63 bits per heavy atom. The van der Waals surface area contributed by atoms with Gasteiger partial charge in [0, 0.05) is 15.8 Å². The predicted octanol–water partition coefficient (Wildman–Crippen LogP) is 5.83. The third kappa shape index (κ3) is 3.31. The Balaban J connectivity index is 1.73. The Bertz CT molecular complexity index is 1180. The number of para-hydroxylation sites is 1. The molecule has 0 spiro atoms. The Labute approximate surface area is 164 Å². The summed E-state index contributed by atoms with van der Waals surface area (Å²) in [5, 5.41) is 2.32. The van der Waals surface area contributed by atoms with Gasteiger partial charge in [0.25, 0.3) is 0 Å². The number of ether oxygens (including phenoxy) is 1. The largest absolute Gasteiger partial charge is 0.421 e. The van der Waals surface area contributed by atoms with Gasteiger partial charge < -0.3 is 4.74 Å². The van der Waals surface area contributed by atoms with E-state index < -0.39 is 5.97 Å². The van der Waals surface area contributed by atoms with Crippen LogP contribution in [0.3, 0.4) is 0 Å². The third-order valence-corrected chi connectivity index (χ3v) is 5.47. The summed E-state index contributed by atoms with van der Waals surface area (Å²) in [6.45, 7) is 3.16. The standard InChI is InChI=1S/C21H14ClNO3S/c1-11-7-15(22)10-16(12(2)24)19(11)26-21(25)18-9-14-8-13-5-3-4-6-17(13)23-20(14)27-18/h3-10H,1-2H3. The van der Waals surface area contributed by atoms with Crippen molar-refractivity contribution in [3.63, 3.8) is 0 Å². The van der Waals surface area contributed by atoms with Gasteiger partial charge in [-0.1, -0.05) is 29.8 Å². The van der Waals surface area contributed by atoms with Gasteiger partial charge in [0.05, 0.1) is 11.1 Å². The average Bonchev–Trinajstić information content (AvgIpc) is 3.04. The zero-order valence-electron chi connectivity index (χ0n) is 14.6. The van der Waals surface area contributed by atoms with Gasteiger partial charge in [-0.3, -0.25) is 4.79 Å². The van der Waals surface area contributed by atoms with Gasteiger partial charge in [-0.2, -0.15) is 0 Å². The number of hydrogen-bond acceptors (Lipinski definition) is 5. The van der Waals surface area contributed by atoms with Gasteiger partial charge in [-0.25, -0.2) is 9.78 Å². The molecule has 0 atom stereocenters. The predicted molar refractivity (Wildman–Crippen MR) is 108 cm³/mol. The maximum absolute atomic E-state index is 12.7. The van der Waals surface area contributed by atoms with E-state index >= 15 is 0 Å². The van der Waals surface area contributed by atoms with E-state index in [1.165, 1.54) is 24.3 Å². The van der Waals surface area contributed by atoms with Crippen LogP contribution in [0.4, 0.5) is 0 Å². The molecular weight excluding hydrogens is 382 g/mol. The quantitative estimate of drug-likeness (QED) is 0.248. The normalized spacial score (nSPS) is 11.1. The van der Waals surface area contributed by atoms with Gasteiger partial charge in [-0.15, -0.1) is 11.3 Å². The molecule has 0 bridgehead atoms. The number of thiophene rings is 1. The van der Waals surface area contributed by atoms with Crippen molar-refractivity contribution in [2.45, 2.75) is 13.8 Å². The third-order valence-electron chi connectivity index (χ3n) is 4.22. The molecule has 2 aromatic carbocycles. The summed E-state index contributed by atoms with van der Waals surface area (Å²) in [5.74, 6) is -0.491. The second kappa shape index (κ2) is 6.76. The first-order chi connectivity index (χ1) is 12.9. The highest BCUT2D eigenvalue weighted by Gasteiger charge is 2.19. The lowest BCUT2D eigenvalue weighted by molar-refractivity contribution is 0.0736. The highest BCUT2D eigenvalue weighted by atomic mass is 35.5. The highest BCUT2D eigenvalue weighted by molar-refractivity contribution is 7.20. The van der Waals surface area contributed by atoms with E-state index in [2.05, 4.69) is 4.98 Å². The lowest BCUT2D eigenvalue weighted by atomic mass is 10.1. The number of nitrogens with zero attached hydrogens (tertiary/aromatic N) is 1. The van der Waals surface area contributed by atoms with Crippen molar-refractivity contribution in [2.75, 3.05) is 0 Å². The number of carbonyl (C=O) groups excluding carboxylic acids is 2. The van der Waals surface area contributed by atoms with Crippen LogP contribution >= 0.6 is 22.9 Å². The minimum absolute atomic E-state index is 0.215. The van der Waals surface area contributed by atoms with Crippen LogP contribution in [0.1, 0.15) is 32.5 Å². The van der Waals surface area contributed by atoms with Crippen molar-refractivity contribution in [3.05, 3.63) is 69.6 Å². The fraction of sp³-hybridized carbons (Fsp3) is 0.0952. The van der Waals surface area contributed by atoms with Gasteiger partial charge in [-0.05, 0) is 49.7 Å². The van der Waals surface area contributed by atoms with Gasteiger partial charge in [0.2, 0.25) is 0 Å². The van der Waals surface area contributed by atoms with Gasteiger partial charge >= 0.3 is 5.97 Å². The first-order valence-corrected chi connectivity index (χ1v) is 9.44. The molecule has 0 radical (unpaired) electrons. The van der Waals surface area contributed by atoms with Crippen LogP contribution in [0.2, 0.25) is 5.02 Å². The summed E-state index contributed by atoms with van der Waals surface area (Å²) < 4.78 is 5.57. The summed E-state index contributed by atoms with van der Waals surface area (Å²) in [7, 11) is 0. The zero-order chi connectivity index (χ0) is 19.1. The molecule has 0 amide bonds. The molecule has 0 N–H and O–H groups in total. The zero-order valence-corrected chi connectivity index (χ0v) is 16.1. The first-order valence-electron chi connectivity index (χ1n) is 8.25. The van der Waals surface area contributed by atoms with Crippen LogP contribution in [0.15, 0.2) is 48.5 Å². The highest BCUT2D eigenvalue weighted by Crippen LogP contribution is 2.31. The fourth-order valence-electron chi connectivity index (χ4n) is 2.95. The maximum atomic E-state index is 12.7. The van der Waals surface area contributed by atoms with Crippen LogP contribution in [0, 0.1) is 6.92 Å². The number of pyridine rings is 1. The Morgan fingerprint density at radius 2 is 1.85 bits per heavy atom. The molecular formula is C21H14ClNO3S. The number of carbonyl (C=O) groups is 2.